The van der Waals surface area contributed by atoms with E-state index in [0.29, 0.717) is 23.6 Å². The highest BCUT2D eigenvalue weighted by atomic mass is 16.5. The molecule has 0 saturated carbocycles. The lowest BCUT2D eigenvalue weighted by Crippen LogP contribution is -2.45. The van der Waals surface area contributed by atoms with Crippen LogP contribution in [0, 0.1) is 11.3 Å². The molecule has 0 spiro atoms. The molecule has 1 aliphatic rings. The molecule has 0 aromatic heterocycles. The summed E-state index contributed by atoms with van der Waals surface area (Å²) in [5.41, 5.74) is 6.08. The van der Waals surface area contributed by atoms with Crippen LogP contribution in [0.5, 0.6) is 0 Å². The lowest BCUT2D eigenvalue weighted by atomic mass is 9.78. The van der Waals surface area contributed by atoms with Gasteiger partial charge >= 0.3 is 0 Å². The molecule has 2 atom stereocenters. The molecule has 2 rings (SSSR count). The highest BCUT2D eigenvalue weighted by Crippen LogP contribution is 2.33. The molecule has 3 N–H and O–H groups in total. The Morgan fingerprint density at radius 1 is 1.30 bits per heavy atom. The maximum atomic E-state index is 12.3. The van der Waals surface area contributed by atoms with Crippen molar-refractivity contribution in [3.05, 3.63) is 35.4 Å². The summed E-state index contributed by atoms with van der Waals surface area (Å²) in [5.74, 6) is -0.425. The Balaban J connectivity index is 2.00. The van der Waals surface area contributed by atoms with Crippen LogP contribution in [0.3, 0.4) is 0 Å². The van der Waals surface area contributed by atoms with Crippen LogP contribution in [0.15, 0.2) is 24.3 Å². The second kappa shape index (κ2) is 7.13. The number of ether oxygens (including phenoxy) is 1. The van der Waals surface area contributed by atoms with Gasteiger partial charge in [0.25, 0.3) is 5.91 Å². The van der Waals surface area contributed by atoms with Crippen molar-refractivity contribution >= 4 is 11.8 Å². The van der Waals surface area contributed by atoms with Crippen molar-refractivity contribution < 1.29 is 14.3 Å². The number of carbonyl (C=O) groups excluding carboxylic acids is 2. The van der Waals surface area contributed by atoms with Gasteiger partial charge in [-0.3, -0.25) is 9.59 Å². The maximum absolute atomic E-state index is 12.3. The molecule has 2 unspecified atom stereocenters. The van der Waals surface area contributed by atoms with Crippen molar-refractivity contribution in [1.82, 2.24) is 5.32 Å². The average Bonchev–Trinajstić information content (AvgIpc) is 2.52. The van der Waals surface area contributed by atoms with E-state index >= 15 is 0 Å². The number of hydrogen-bond acceptors (Lipinski definition) is 3. The first-order valence-electron chi connectivity index (χ1n) is 8.08. The highest BCUT2D eigenvalue weighted by Gasteiger charge is 2.35. The molecular weight excluding hydrogens is 292 g/mol. The van der Waals surface area contributed by atoms with E-state index in [9.17, 15) is 9.59 Å². The van der Waals surface area contributed by atoms with Gasteiger partial charge in [-0.15, -0.1) is 0 Å². The molecule has 5 heteroatoms. The molecule has 1 saturated heterocycles. The number of primary amides is 1. The molecule has 2 amide bonds. The molecule has 0 aliphatic carbocycles. The van der Waals surface area contributed by atoms with E-state index in [1.54, 1.807) is 18.2 Å². The fourth-order valence-corrected chi connectivity index (χ4v) is 3.15. The minimum absolute atomic E-state index is 0.0434. The molecular formula is C18H26N2O3. The largest absolute Gasteiger partial charge is 0.377 e. The van der Waals surface area contributed by atoms with Crippen LogP contribution in [0.1, 0.15) is 54.3 Å². The van der Waals surface area contributed by atoms with Crippen LogP contribution in [-0.4, -0.2) is 31.1 Å². The van der Waals surface area contributed by atoms with Gasteiger partial charge in [0.15, 0.2) is 0 Å². The van der Waals surface area contributed by atoms with E-state index in [1.165, 1.54) is 6.07 Å². The molecule has 0 bridgehead atoms. The van der Waals surface area contributed by atoms with E-state index in [0.717, 1.165) is 19.4 Å². The minimum Gasteiger partial charge on any atom is -0.377 e. The Morgan fingerprint density at radius 3 is 2.65 bits per heavy atom. The fraction of sp³-hybridized carbons (Fsp3) is 0.556. The highest BCUT2D eigenvalue weighted by molar-refractivity contribution is 5.99. The quantitative estimate of drug-likeness (QED) is 0.894. The normalized spacial score (nSPS) is 21.7. The zero-order chi connectivity index (χ0) is 17.0. The summed E-state index contributed by atoms with van der Waals surface area (Å²) in [6, 6.07) is 6.47. The van der Waals surface area contributed by atoms with Gasteiger partial charge in [0.1, 0.15) is 0 Å². The van der Waals surface area contributed by atoms with Gasteiger partial charge in [0.2, 0.25) is 5.91 Å². The van der Waals surface area contributed by atoms with Gasteiger partial charge in [-0.05, 0) is 36.5 Å². The summed E-state index contributed by atoms with van der Waals surface area (Å²) < 4.78 is 5.93. The third kappa shape index (κ3) is 4.55. The Bertz CT molecular complexity index is 578. The van der Waals surface area contributed by atoms with E-state index in [-0.39, 0.29) is 17.4 Å². The first-order chi connectivity index (χ1) is 10.8. The van der Waals surface area contributed by atoms with Crippen molar-refractivity contribution in [1.29, 1.82) is 0 Å². The third-order valence-corrected chi connectivity index (χ3v) is 4.23. The van der Waals surface area contributed by atoms with Crippen LogP contribution < -0.4 is 11.1 Å². The SMILES string of the molecule is CC(C)(C)C1OCCCC1CNC(=O)c1cccc(C(N)=O)c1. The van der Waals surface area contributed by atoms with Crippen LogP contribution >= 0.6 is 0 Å². The van der Waals surface area contributed by atoms with Crippen molar-refractivity contribution in [3.8, 4) is 0 Å². The molecule has 23 heavy (non-hydrogen) atoms. The summed E-state index contributed by atoms with van der Waals surface area (Å²) >= 11 is 0. The molecule has 1 aromatic carbocycles. The first-order valence-corrected chi connectivity index (χ1v) is 8.08. The Morgan fingerprint density at radius 2 is 2.00 bits per heavy atom. The monoisotopic (exact) mass is 318 g/mol. The van der Waals surface area contributed by atoms with Gasteiger partial charge < -0.3 is 15.8 Å². The second-order valence-corrected chi connectivity index (χ2v) is 7.21. The molecule has 126 valence electrons. The Labute approximate surface area is 137 Å². The predicted molar refractivity (Wildman–Crippen MR) is 89.2 cm³/mol. The van der Waals surface area contributed by atoms with Crippen molar-refractivity contribution in [3.63, 3.8) is 0 Å². The van der Waals surface area contributed by atoms with E-state index < -0.39 is 5.91 Å². The predicted octanol–water partition coefficient (Wildman–Crippen LogP) is 2.36. The number of rotatable bonds is 4. The molecule has 1 heterocycles. The summed E-state index contributed by atoms with van der Waals surface area (Å²) in [6.45, 7) is 7.84. The van der Waals surface area contributed by atoms with Crippen molar-refractivity contribution in [2.75, 3.05) is 13.2 Å². The lowest BCUT2D eigenvalue weighted by Gasteiger charge is -2.40. The maximum Gasteiger partial charge on any atom is 0.251 e. The first kappa shape index (κ1) is 17.5. The average molecular weight is 318 g/mol. The number of amides is 2. The number of benzene rings is 1. The van der Waals surface area contributed by atoms with Gasteiger partial charge in [0.05, 0.1) is 6.10 Å². The molecule has 1 fully saturated rings. The molecule has 1 aromatic rings. The Kier molecular flexibility index (Phi) is 5.42. The van der Waals surface area contributed by atoms with Crippen LogP contribution in [-0.2, 0) is 4.74 Å². The standard InChI is InChI=1S/C18H26N2O3/c1-18(2,3)15-14(8-5-9-23-15)11-20-17(22)13-7-4-6-12(10-13)16(19)21/h4,6-7,10,14-15H,5,8-9,11H2,1-3H3,(H2,19,21)(H,20,22). The number of nitrogens with one attached hydrogen (secondary N) is 1. The van der Waals surface area contributed by atoms with Gasteiger partial charge in [-0.1, -0.05) is 26.8 Å². The summed E-state index contributed by atoms with van der Waals surface area (Å²) in [6.07, 6.45) is 2.20. The van der Waals surface area contributed by atoms with Crippen LogP contribution in [0.2, 0.25) is 0 Å². The second-order valence-electron chi connectivity index (χ2n) is 7.21. The van der Waals surface area contributed by atoms with E-state index in [1.807, 2.05) is 0 Å². The van der Waals surface area contributed by atoms with Gasteiger partial charge in [0, 0.05) is 30.2 Å². The summed E-state index contributed by atoms with van der Waals surface area (Å²) in [5, 5.41) is 2.97. The minimum atomic E-state index is -0.534. The zero-order valence-electron chi connectivity index (χ0n) is 14.1. The number of carbonyl (C=O) groups is 2. The van der Waals surface area contributed by atoms with Crippen molar-refractivity contribution in [2.24, 2.45) is 17.1 Å². The van der Waals surface area contributed by atoms with E-state index in [2.05, 4.69) is 26.1 Å². The number of nitrogens with two attached hydrogens (primary N) is 1. The zero-order valence-corrected chi connectivity index (χ0v) is 14.1. The molecule has 1 aliphatic heterocycles. The Hall–Kier alpha value is -1.88. The lowest BCUT2D eigenvalue weighted by molar-refractivity contribution is -0.0839. The fourth-order valence-electron chi connectivity index (χ4n) is 3.15. The molecule has 0 radical (unpaired) electrons. The van der Waals surface area contributed by atoms with E-state index in [4.69, 9.17) is 10.5 Å². The summed E-state index contributed by atoms with van der Waals surface area (Å²) in [4.78, 5) is 23.5. The third-order valence-electron chi connectivity index (χ3n) is 4.23. The van der Waals surface area contributed by atoms with Gasteiger partial charge in [-0.2, -0.15) is 0 Å². The smallest absolute Gasteiger partial charge is 0.251 e. The number of hydrogen-bond donors (Lipinski definition) is 2. The van der Waals surface area contributed by atoms with Crippen LogP contribution in [0.4, 0.5) is 0 Å². The van der Waals surface area contributed by atoms with Gasteiger partial charge in [-0.25, -0.2) is 0 Å². The van der Waals surface area contributed by atoms with Crippen LogP contribution in [0.25, 0.3) is 0 Å². The topological polar surface area (TPSA) is 81.4 Å². The summed E-state index contributed by atoms with van der Waals surface area (Å²) in [7, 11) is 0. The molecule has 5 nitrogen and oxygen atoms in total. The van der Waals surface area contributed by atoms with Crippen molar-refractivity contribution in [2.45, 2.75) is 39.7 Å².